The average molecular weight is 584 g/mol. The summed E-state index contributed by atoms with van der Waals surface area (Å²) in [5, 5.41) is 15.8. The van der Waals surface area contributed by atoms with Crippen LogP contribution >= 0.6 is 0 Å². The van der Waals surface area contributed by atoms with E-state index < -0.39 is 6.04 Å². The molecule has 1 aromatic carbocycles. The first-order valence-corrected chi connectivity index (χ1v) is 15.1. The van der Waals surface area contributed by atoms with E-state index >= 15 is 0 Å². The quantitative estimate of drug-likeness (QED) is 0.418. The molecule has 1 aliphatic heterocycles. The number of hydrogen-bond donors (Lipinski definition) is 3. The van der Waals surface area contributed by atoms with E-state index in [-0.39, 0.29) is 42.7 Å². The molecule has 2 heterocycles. The number of urea groups is 1. The Bertz CT molecular complexity index is 1130. The van der Waals surface area contributed by atoms with E-state index in [0.717, 1.165) is 25.8 Å². The second-order valence-electron chi connectivity index (χ2n) is 11.8. The Labute approximate surface area is 250 Å². The summed E-state index contributed by atoms with van der Waals surface area (Å²) in [5.41, 5.74) is 2.01. The maximum absolute atomic E-state index is 14.2. The van der Waals surface area contributed by atoms with Gasteiger partial charge in [0.25, 0.3) is 5.91 Å². The zero-order valence-electron chi connectivity index (χ0n) is 26.0. The highest BCUT2D eigenvalue weighted by molar-refractivity contribution is 5.99. The van der Waals surface area contributed by atoms with Crippen LogP contribution in [0.3, 0.4) is 0 Å². The molecular weight excluding hydrogens is 534 g/mol. The molecule has 0 saturated heterocycles. The van der Waals surface area contributed by atoms with Crippen LogP contribution in [0.25, 0.3) is 0 Å². The lowest BCUT2D eigenvalue weighted by Crippen LogP contribution is -2.47. The molecule has 4 atom stereocenters. The second-order valence-corrected chi connectivity index (χ2v) is 11.8. The van der Waals surface area contributed by atoms with Crippen LogP contribution in [0, 0.1) is 5.92 Å². The number of fused-ring (bicyclic) bond motifs is 1. The zero-order valence-corrected chi connectivity index (χ0v) is 26.0. The van der Waals surface area contributed by atoms with Gasteiger partial charge < -0.3 is 30.1 Å². The third kappa shape index (κ3) is 10.3. The fourth-order valence-corrected chi connectivity index (χ4v) is 5.06. The second kappa shape index (κ2) is 16.4. The minimum Gasteiger partial charge on any atom is -0.490 e. The summed E-state index contributed by atoms with van der Waals surface area (Å²) < 4.78 is 12.7. The monoisotopic (exact) mass is 583 g/mol. The van der Waals surface area contributed by atoms with Crippen molar-refractivity contribution in [3.8, 4) is 5.75 Å². The van der Waals surface area contributed by atoms with Crippen LogP contribution in [0.1, 0.15) is 69.8 Å². The summed E-state index contributed by atoms with van der Waals surface area (Å²) in [4.78, 5) is 34.6. The summed E-state index contributed by atoms with van der Waals surface area (Å²) in [6.07, 6.45) is 6.00. The van der Waals surface area contributed by atoms with Crippen LogP contribution in [0.5, 0.6) is 5.75 Å². The van der Waals surface area contributed by atoms with Crippen molar-refractivity contribution in [3.05, 3.63) is 53.9 Å². The van der Waals surface area contributed by atoms with Gasteiger partial charge in [-0.15, -0.1) is 0 Å². The molecule has 0 bridgehead atoms. The van der Waals surface area contributed by atoms with Crippen molar-refractivity contribution in [1.29, 1.82) is 0 Å². The normalized spacial score (nSPS) is 21.3. The van der Waals surface area contributed by atoms with Crippen LogP contribution in [-0.4, -0.2) is 89.5 Å². The maximum Gasteiger partial charge on any atom is 0.319 e. The molecule has 10 nitrogen and oxygen atoms in total. The molecule has 0 unspecified atom stereocenters. The molecule has 0 saturated carbocycles. The van der Waals surface area contributed by atoms with E-state index in [0.29, 0.717) is 36.7 Å². The highest BCUT2D eigenvalue weighted by Crippen LogP contribution is 2.28. The van der Waals surface area contributed by atoms with Gasteiger partial charge in [-0.2, -0.15) is 0 Å². The summed E-state index contributed by atoms with van der Waals surface area (Å²) in [6.45, 7) is 11.9. The highest BCUT2D eigenvalue weighted by Gasteiger charge is 2.30. The van der Waals surface area contributed by atoms with Gasteiger partial charge in [0.05, 0.1) is 30.4 Å². The molecule has 1 aliphatic rings. The van der Waals surface area contributed by atoms with E-state index in [1.54, 1.807) is 35.5 Å². The summed E-state index contributed by atoms with van der Waals surface area (Å²) in [6, 6.07) is 8.34. The Balaban J connectivity index is 1.90. The molecule has 0 fully saturated rings. The number of carbonyl (C=O) groups excluding carboxylic acids is 2. The number of anilines is 1. The lowest BCUT2D eigenvalue weighted by Gasteiger charge is -2.36. The Kier molecular flexibility index (Phi) is 13.0. The molecule has 2 aromatic rings. The van der Waals surface area contributed by atoms with Gasteiger partial charge in [-0.05, 0) is 89.9 Å². The molecule has 3 rings (SSSR count). The fraction of sp³-hybridized carbons (Fsp3) is 0.594. The number of likely N-dealkylation sites (N-methyl/N-ethyl adjacent to an activating group) is 1. The smallest absolute Gasteiger partial charge is 0.319 e. The minimum atomic E-state index is -0.436. The number of aromatic nitrogens is 1. The van der Waals surface area contributed by atoms with Crippen LogP contribution in [0.4, 0.5) is 10.5 Å². The topological polar surface area (TPSA) is 116 Å². The predicted molar refractivity (Wildman–Crippen MR) is 165 cm³/mol. The van der Waals surface area contributed by atoms with Gasteiger partial charge in [0.2, 0.25) is 0 Å². The van der Waals surface area contributed by atoms with Gasteiger partial charge in [-0.25, -0.2) is 4.79 Å². The average Bonchev–Trinajstić information content (AvgIpc) is 2.94. The summed E-state index contributed by atoms with van der Waals surface area (Å²) in [7, 11) is 2.07. The molecule has 3 N–H and O–H groups in total. The number of pyridine rings is 1. The van der Waals surface area contributed by atoms with E-state index in [2.05, 4.69) is 34.5 Å². The number of aliphatic hydroxyl groups is 1. The Morgan fingerprint density at radius 1 is 1.17 bits per heavy atom. The first-order chi connectivity index (χ1) is 20.1. The van der Waals surface area contributed by atoms with Crippen molar-refractivity contribution in [3.63, 3.8) is 0 Å². The van der Waals surface area contributed by atoms with Crippen LogP contribution in [-0.2, 0) is 11.3 Å². The van der Waals surface area contributed by atoms with Gasteiger partial charge in [-0.3, -0.25) is 14.7 Å². The van der Waals surface area contributed by atoms with Crippen molar-refractivity contribution in [2.45, 2.75) is 84.7 Å². The van der Waals surface area contributed by atoms with Gasteiger partial charge in [0.15, 0.2) is 0 Å². The van der Waals surface area contributed by atoms with Gasteiger partial charge >= 0.3 is 6.03 Å². The third-order valence-electron chi connectivity index (χ3n) is 7.42. The number of amides is 3. The van der Waals surface area contributed by atoms with E-state index in [1.807, 2.05) is 39.8 Å². The molecule has 0 spiro atoms. The fourth-order valence-electron chi connectivity index (χ4n) is 5.06. The molecule has 1 aromatic heterocycles. The van der Waals surface area contributed by atoms with E-state index in [4.69, 9.17) is 9.47 Å². The first kappa shape index (κ1) is 33.3. The van der Waals surface area contributed by atoms with E-state index in [1.165, 1.54) is 5.56 Å². The minimum absolute atomic E-state index is 0.0211. The number of hydrogen-bond acceptors (Lipinski definition) is 7. The molecule has 0 radical (unpaired) electrons. The lowest BCUT2D eigenvalue weighted by atomic mass is 10.0. The van der Waals surface area contributed by atoms with E-state index in [9.17, 15) is 14.7 Å². The number of ether oxygens (including phenoxy) is 2. The molecule has 3 amide bonds. The molecular formula is C32H49N5O5. The largest absolute Gasteiger partial charge is 0.490 e. The standard InChI is InChI=1S/C32H49N5O5/c1-22(2)34-32(40)35-27-10-11-29-28(17-27)31(39)37(24(4)21-38)18-23(3)30(41-16-8-7-9-25(5)42-29)20-36(6)19-26-12-14-33-15-13-26/h10-15,17,22-25,30,38H,7-9,16,18-21H2,1-6H3,(H2,34,35,40)/t23-,24-,25+,30-/m0/s1. The highest BCUT2D eigenvalue weighted by atomic mass is 16.5. The number of benzene rings is 1. The van der Waals surface area contributed by atoms with Crippen molar-refractivity contribution < 1.29 is 24.2 Å². The summed E-state index contributed by atoms with van der Waals surface area (Å²) >= 11 is 0. The van der Waals surface area contributed by atoms with Crippen LogP contribution in [0.15, 0.2) is 42.7 Å². The molecule has 42 heavy (non-hydrogen) atoms. The number of nitrogens with zero attached hydrogens (tertiary/aromatic N) is 3. The number of rotatable bonds is 8. The zero-order chi connectivity index (χ0) is 30.6. The molecule has 10 heteroatoms. The Morgan fingerprint density at radius 2 is 1.90 bits per heavy atom. The van der Waals surface area contributed by atoms with Gasteiger partial charge in [0.1, 0.15) is 5.75 Å². The van der Waals surface area contributed by atoms with Crippen molar-refractivity contribution in [1.82, 2.24) is 20.1 Å². The number of carbonyl (C=O) groups is 2. The third-order valence-corrected chi connectivity index (χ3v) is 7.42. The molecule has 232 valence electrons. The Morgan fingerprint density at radius 3 is 2.60 bits per heavy atom. The van der Waals surface area contributed by atoms with Gasteiger partial charge in [-0.1, -0.05) is 6.92 Å². The van der Waals surface area contributed by atoms with Gasteiger partial charge in [0, 0.05) is 56.3 Å². The maximum atomic E-state index is 14.2. The van der Waals surface area contributed by atoms with Crippen LogP contribution < -0.4 is 15.4 Å². The van der Waals surface area contributed by atoms with Crippen molar-refractivity contribution >= 4 is 17.6 Å². The Hall–Kier alpha value is -3.21. The number of aliphatic hydroxyl groups excluding tert-OH is 1. The lowest BCUT2D eigenvalue weighted by molar-refractivity contribution is -0.0177. The number of nitrogens with one attached hydrogen (secondary N) is 2. The van der Waals surface area contributed by atoms with Crippen LogP contribution in [0.2, 0.25) is 0 Å². The van der Waals surface area contributed by atoms with Crippen molar-refractivity contribution in [2.75, 3.05) is 38.7 Å². The van der Waals surface area contributed by atoms with Crippen molar-refractivity contribution in [2.24, 2.45) is 5.92 Å². The SMILES string of the molecule is CC(C)NC(=O)Nc1ccc2c(c1)C(=O)N([C@@H](C)CO)C[C@H](C)[C@H](CN(C)Cc1ccncc1)OCCCC[C@@H](C)O2. The summed E-state index contributed by atoms with van der Waals surface area (Å²) in [5.74, 6) is 0.179. The molecule has 0 aliphatic carbocycles. The predicted octanol–water partition coefficient (Wildman–Crippen LogP) is 4.54. The first-order valence-electron chi connectivity index (χ1n) is 15.1.